The smallest absolute Gasteiger partial charge is 0.475 e. The van der Waals surface area contributed by atoms with Gasteiger partial charge >= 0.3 is 12.1 Å². The average Bonchev–Trinajstić information content (AvgIpc) is 3.07. The first-order valence-electron chi connectivity index (χ1n) is 7.75. The molecule has 0 aliphatic rings. The Labute approximate surface area is 152 Å². The van der Waals surface area contributed by atoms with Crippen molar-refractivity contribution in [3.8, 4) is 0 Å². The normalized spacial score (nSPS) is 10.8. The third-order valence-corrected chi connectivity index (χ3v) is 3.44. The molecule has 0 fully saturated rings. The highest BCUT2D eigenvalue weighted by molar-refractivity contribution is 5.97. The highest BCUT2D eigenvalue weighted by Gasteiger charge is 2.38. The number of pyridine rings is 1. The number of aromatic amines is 1. The van der Waals surface area contributed by atoms with Gasteiger partial charge in [0.25, 0.3) is 5.91 Å². The molecule has 0 spiro atoms. The summed E-state index contributed by atoms with van der Waals surface area (Å²) in [4.78, 5) is 28.5. The summed E-state index contributed by atoms with van der Waals surface area (Å²) in [5.74, 6) is -2.85. The molecule has 0 saturated carbocycles. The van der Waals surface area contributed by atoms with Crippen molar-refractivity contribution in [2.45, 2.75) is 19.6 Å². The van der Waals surface area contributed by atoms with Gasteiger partial charge in [-0.15, -0.1) is 0 Å². The predicted molar refractivity (Wildman–Crippen MR) is 92.1 cm³/mol. The van der Waals surface area contributed by atoms with Gasteiger partial charge in [-0.25, -0.2) is 4.79 Å². The molecule has 3 aromatic rings. The number of nitrogens with one attached hydrogen (secondary N) is 2. The van der Waals surface area contributed by atoms with E-state index in [0.717, 1.165) is 22.3 Å². The molecular weight excluding hydrogens is 363 g/mol. The second-order valence-electron chi connectivity index (χ2n) is 5.54. The molecule has 0 radical (unpaired) electrons. The fourth-order valence-electron chi connectivity index (χ4n) is 2.16. The molecule has 0 unspecified atom stereocenters. The zero-order chi connectivity index (χ0) is 20.0. The molecule has 6 nitrogen and oxygen atoms in total. The number of rotatable bonds is 3. The first-order valence-corrected chi connectivity index (χ1v) is 7.75. The van der Waals surface area contributed by atoms with Crippen molar-refractivity contribution in [1.82, 2.24) is 15.3 Å². The molecule has 3 N–H and O–H groups in total. The third kappa shape index (κ3) is 5.84. The van der Waals surface area contributed by atoms with E-state index >= 15 is 0 Å². The van der Waals surface area contributed by atoms with E-state index in [9.17, 15) is 18.0 Å². The number of aliphatic carboxylic acids is 1. The minimum Gasteiger partial charge on any atom is -0.475 e. The van der Waals surface area contributed by atoms with Gasteiger partial charge in [0.1, 0.15) is 0 Å². The molecule has 27 heavy (non-hydrogen) atoms. The van der Waals surface area contributed by atoms with Crippen LogP contribution in [0.25, 0.3) is 10.9 Å². The summed E-state index contributed by atoms with van der Waals surface area (Å²) in [5.41, 5.74) is 3.42. The van der Waals surface area contributed by atoms with E-state index in [4.69, 9.17) is 9.90 Å². The number of aromatic nitrogens is 2. The topological polar surface area (TPSA) is 95.1 Å². The van der Waals surface area contributed by atoms with Crippen LogP contribution in [0, 0.1) is 6.92 Å². The monoisotopic (exact) mass is 379 g/mol. The van der Waals surface area contributed by atoms with Crippen LogP contribution >= 0.6 is 0 Å². The SMILES string of the molecule is Cc1cccc(CNC(=O)c2ccc3cc[nH]c3c2)n1.O=C(O)C(F)(F)F. The number of amides is 1. The number of fused-ring (bicyclic) bond motifs is 1. The maximum absolute atomic E-state index is 12.1. The molecule has 0 aliphatic carbocycles. The van der Waals surface area contributed by atoms with Gasteiger partial charge in [-0.2, -0.15) is 13.2 Å². The third-order valence-electron chi connectivity index (χ3n) is 3.44. The molecule has 0 atom stereocenters. The van der Waals surface area contributed by atoms with Gasteiger partial charge in [0, 0.05) is 23.0 Å². The van der Waals surface area contributed by atoms with E-state index < -0.39 is 12.1 Å². The summed E-state index contributed by atoms with van der Waals surface area (Å²) in [7, 11) is 0. The van der Waals surface area contributed by atoms with Crippen molar-refractivity contribution >= 4 is 22.8 Å². The van der Waals surface area contributed by atoms with Crippen LogP contribution in [0.3, 0.4) is 0 Å². The summed E-state index contributed by atoms with van der Waals surface area (Å²) in [5, 5.41) is 11.1. The van der Waals surface area contributed by atoms with Crippen LogP contribution in [0.2, 0.25) is 0 Å². The van der Waals surface area contributed by atoms with Crippen molar-refractivity contribution in [1.29, 1.82) is 0 Å². The number of halogens is 3. The first-order chi connectivity index (χ1) is 12.7. The van der Waals surface area contributed by atoms with Crippen LogP contribution in [0.15, 0.2) is 48.7 Å². The second-order valence-corrected chi connectivity index (χ2v) is 5.54. The van der Waals surface area contributed by atoms with Crippen molar-refractivity contribution in [2.75, 3.05) is 0 Å². The van der Waals surface area contributed by atoms with Crippen LogP contribution in [-0.4, -0.2) is 33.1 Å². The molecule has 1 aromatic carbocycles. The molecule has 9 heteroatoms. The Kier molecular flexibility index (Phi) is 6.17. The molecule has 2 heterocycles. The Bertz CT molecular complexity index is 951. The van der Waals surface area contributed by atoms with Crippen LogP contribution < -0.4 is 5.32 Å². The van der Waals surface area contributed by atoms with Gasteiger partial charge < -0.3 is 15.4 Å². The van der Waals surface area contributed by atoms with Gasteiger partial charge in [-0.05, 0) is 42.6 Å². The zero-order valence-electron chi connectivity index (χ0n) is 14.2. The van der Waals surface area contributed by atoms with Gasteiger partial charge in [-0.1, -0.05) is 12.1 Å². The lowest BCUT2D eigenvalue weighted by molar-refractivity contribution is -0.192. The van der Waals surface area contributed by atoms with Gasteiger partial charge in [0.05, 0.1) is 12.2 Å². The van der Waals surface area contributed by atoms with Crippen molar-refractivity contribution in [3.05, 3.63) is 65.6 Å². The lowest BCUT2D eigenvalue weighted by Gasteiger charge is -2.05. The van der Waals surface area contributed by atoms with Crippen LogP contribution in [0.5, 0.6) is 0 Å². The minimum atomic E-state index is -5.08. The van der Waals surface area contributed by atoms with E-state index in [-0.39, 0.29) is 5.91 Å². The molecule has 0 saturated heterocycles. The quantitative estimate of drug-likeness (QED) is 0.650. The maximum atomic E-state index is 12.1. The summed E-state index contributed by atoms with van der Waals surface area (Å²) in [6, 6.07) is 13.4. The molecule has 2 aromatic heterocycles. The predicted octanol–water partition coefficient (Wildman–Crippen LogP) is 3.43. The highest BCUT2D eigenvalue weighted by atomic mass is 19.4. The number of hydrogen-bond acceptors (Lipinski definition) is 3. The van der Waals surface area contributed by atoms with Crippen LogP contribution in [0.4, 0.5) is 13.2 Å². The molecular formula is C18H16F3N3O3. The van der Waals surface area contributed by atoms with E-state index in [1.54, 1.807) is 0 Å². The number of H-pyrrole nitrogens is 1. The minimum absolute atomic E-state index is 0.0928. The number of carbonyl (C=O) groups is 2. The number of benzene rings is 1. The number of carbonyl (C=O) groups excluding carboxylic acids is 1. The lowest BCUT2D eigenvalue weighted by Crippen LogP contribution is -2.23. The van der Waals surface area contributed by atoms with E-state index in [0.29, 0.717) is 12.1 Å². The van der Waals surface area contributed by atoms with Crippen LogP contribution in [0.1, 0.15) is 21.7 Å². The first kappa shape index (κ1) is 20.0. The Morgan fingerprint density at radius 2 is 1.89 bits per heavy atom. The van der Waals surface area contributed by atoms with Crippen molar-refractivity contribution in [2.24, 2.45) is 0 Å². The largest absolute Gasteiger partial charge is 0.490 e. The molecule has 0 aliphatic heterocycles. The highest BCUT2D eigenvalue weighted by Crippen LogP contribution is 2.14. The van der Waals surface area contributed by atoms with E-state index in [1.807, 2.05) is 55.6 Å². The number of carboxylic acid groups (broad SMARTS) is 1. The maximum Gasteiger partial charge on any atom is 0.490 e. The summed E-state index contributed by atoms with van der Waals surface area (Å²) >= 11 is 0. The Morgan fingerprint density at radius 1 is 1.19 bits per heavy atom. The van der Waals surface area contributed by atoms with Gasteiger partial charge in [0.2, 0.25) is 0 Å². The van der Waals surface area contributed by atoms with E-state index in [1.165, 1.54) is 0 Å². The second kappa shape index (κ2) is 8.35. The van der Waals surface area contributed by atoms with Crippen LogP contribution in [-0.2, 0) is 11.3 Å². The number of carboxylic acids is 1. The number of aryl methyl sites for hydroxylation is 1. The Morgan fingerprint density at radius 3 is 2.52 bits per heavy atom. The number of nitrogens with zero attached hydrogens (tertiary/aromatic N) is 1. The molecule has 0 bridgehead atoms. The Balaban J connectivity index is 0.000000321. The number of hydrogen-bond donors (Lipinski definition) is 3. The molecule has 1 amide bonds. The van der Waals surface area contributed by atoms with Crippen molar-refractivity contribution < 1.29 is 27.9 Å². The van der Waals surface area contributed by atoms with E-state index in [2.05, 4.69) is 15.3 Å². The summed E-state index contributed by atoms with van der Waals surface area (Å²) < 4.78 is 31.7. The zero-order valence-corrected chi connectivity index (χ0v) is 14.2. The van der Waals surface area contributed by atoms with Crippen molar-refractivity contribution in [3.63, 3.8) is 0 Å². The fraction of sp³-hybridized carbons (Fsp3) is 0.167. The molecule has 3 rings (SSSR count). The average molecular weight is 379 g/mol. The summed E-state index contributed by atoms with van der Waals surface area (Å²) in [6.45, 7) is 2.37. The summed E-state index contributed by atoms with van der Waals surface area (Å²) in [6.07, 6.45) is -3.22. The Hall–Kier alpha value is -3.36. The van der Waals surface area contributed by atoms with Gasteiger partial charge in [-0.3, -0.25) is 9.78 Å². The standard InChI is InChI=1S/C16H15N3O.C2HF3O2/c1-11-3-2-4-14(19-11)10-18-16(20)13-6-5-12-7-8-17-15(12)9-13;3-2(4,5)1(6)7/h2-9,17H,10H2,1H3,(H,18,20);(H,6,7). The lowest BCUT2D eigenvalue weighted by atomic mass is 10.1. The fourth-order valence-corrected chi connectivity index (χ4v) is 2.16. The molecule has 142 valence electrons. The number of alkyl halides is 3. The van der Waals surface area contributed by atoms with Gasteiger partial charge in [0.15, 0.2) is 0 Å².